The highest BCUT2D eigenvalue weighted by Gasteiger charge is 2.25. The van der Waals surface area contributed by atoms with Gasteiger partial charge in [-0.1, -0.05) is 5.16 Å². The fourth-order valence-electron chi connectivity index (χ4n) is 3.24. The van der Waals surface area contributed by atoms with Crippen LogP contribution in [-0.4, -0.2) is 62.1 Å². The Morgan fingerprint density at radius 3 is 2.83 bits per heavy atom. The summed E-state index contributed by atoms with van der Waals surface area (Å²) in [6, 6.07) is -0.0411. The summed E-state index contributed by atoms with van der Waals surface area (Å²) in [6.07, 6.45) is 4.86. The second-order valence-corrected chi connectivity index (χ2v) is 8.18. The predicted octanol–water partition coefficient (Wildman–Crippen LogP) is 0.477. The minimum absolute atomic E-state index is 0.0411. The summed E-state index contributed by atoms with van der Waals surface area (Å²) in [4.78, 5) is 6.69. The van der Waals surface area contributed by atoms with E-state index < -0.39 is 10.0 Å². The standard InChI is InChI=1S/C14H24N4O4S/c1-23(19,20)17-12-3-2-6-18(9-12)10-13-15-14(22-16-13)11-4-7-21-8-5-11/h11-12,17H,2-10H2,1H3. The minimum Gasteiger partial charge on any atom is -0.381 e. The Morgan fingerprint density at radius 1 is 1.30 bits per heavy atom. The summed E-state index contributed by atoms with van der Waals surface area (Å²) in [5.74, 6) is 1.67. The first-order valence-corrected chi connectivity index (χ1v) is 9.98. The molecule has 0 amide bonds. The summed E-state index contributed by atoms with van der Waals surface area (Å²) in [6.45, 7) is 3.67. The van der Waals surface area contributed by atoms with E-state index in [1.165, 1.54) is 6.26 Å². The van der Waals surface area contributed by atoms with Gasteiger partial charge in [-0.2, -0.15) is 4.98 Å². The molecule has 9 heteroatoms. The number of sulfonamides is 1. The van der Waals surface area contributed by atoms with Crippen LogP contribution in [-0.2, 0) is 21.3 Å². The van der Waals surface area contributed by atoms with Crippen LogP contribution in [0.3, 0.4) is 0 Å². The van der Waals surface area contributed by atoms with Gasteiger partial charge in [-0.25, -0.2) is 13.1 Å². The molecule has 1 unspecified atom stereocenters. The first kappa shape index (κ1) is 16.8. The molecule has 8 nitrogen and oxygen atoms in total. The van der Waals surface area contributed by atoms with Crippen molar-refractivity contribution in [3.63, 3.8) is 0 Å². The summed E-state index contributed by atoms with van der Waals surface area (Å²) in [5.41, 5.74) is 0. The van der Waals surface area contributed by atoms with E-state index in [1.54, 1.807) is 0 Å². The van der Waals surface area contributed by atoms with Gasteiger partial charge in [0.05, 0.1) is 12.8 Å². The highest BCUT2D eigenvalue weighted by molar-refractivity contribution is 7.88. The second-order valence-electron chi connectivity index (χ2n) is 6.40. The molecule has 0 aliphatic carbocycles. The van der Waals surface area contributed by atoms with Crippen molar-refractivity contribution in [2.75, 3.05) is 32.6 Å². The molecule has 2 fully saturated rings. The number of nitrogens with one attached hydrogen (secondary N) is 1. The number of piperidine rings is 1. The summed E-state index contributed by atoms with van der Waals surface area (Å²) in [5, 5.41) is 4.08. The molecule has 0 spiro atoms. The van der Waals surface area contributed by atoms with E-state index in [1.807, 2.05) is 0 Å². The SMILES string of the molecule is CS(=O)(=O)NC1CCCN(Cc2noc(C3CCOCC3)n2)C1. The molecule has 1 aromatic rings. The van der Waals surface area contributed by atoms with E-state index in [-0.39, 0.29) is 6.04 Å². The lowest BCUT2D eigenvalue weighted by atomic mass is 10.0. The number of rotatable bonds is 5. The lowest BCUT2D eigenvalue weighted by Gasteiger charge is -2.31. The van der Waals surface area contributed by atoms with Crippen molar-refractivity contribution < 1.29 is 17.7 Å². The van der Waals surface area contributed by atoms with Crippen molar-refractivity contribution in [2.24, 2.45) is 0 Å². The van der Waals surface area contributed by atoms with Gasteiger partial charge >= 0.3 is 0 Å². The smallest absolute Gasteiger partial charge is 0.229 e. The highest BCUT2D eigenvalue weighted by Crippen LogP contribution is 2.25. The third kappa shape index (κ3) is 4.97. The topological polar surface area (TPSA) is 97.6 Å². The zero-order valence-electron chi connectivity index (χ0n) is 13.4. The maximum absolute atomic E-state index is 11.4. The Labute approximate surface area is 136 Å². The van der Waals surface area contributed by atoms with Gasteiger partial charge in [-0.15, -0.1) is 0 Å². The van der Waals surface area contributed by atoms with Gasteiger partial charge in [0.25, 0.3) is 0 Å². The highest BCUT2D eigenvalue weighted by atomic mass is 32.2. The fourth-order valence-corrected chi connectivity index (χ4v) is 4.04. The number of nitrogens with zero attached hydrogens (tertiary/aromatic N) is 3. The zero-order valence-corrected chi connectivity index (χ0v) is 14.2. The van der Waals surface area contributed by atoms with E-state index in [0.717, 1.165) is 45.4 Å². The van der Waals surface area contributed by atoms with Crippen LogP contribution in [0, 0.1) is 0 Å². The quantitative estimate of drug-likeness (QED) is 0.829. The Balaban J connectivity index is 1.55. The number of ether oxygens (including phenoxy) is 1. The molecule has 130 valence electrons. The van der Waals surface area contributed by atoms with Crippen LogP contribution in [0.1, 0.15) is 43.3 Å². The van der Waals surface area contributed by atoms with Gasteiger partial charge in [0.2, 0.25) is 15.9 Å². The molecule has 2 aliphatic heterocycles. The van der Waals surface area contributed by atoms with Crippen molar-refractivity contribution in [2.45, 2.75) is 44.2 Å². The summed E-state index contributed by atoms with van der Waals surface area (Å²) >= 11 is 0. The van der Waals surface area contributed by atoms with Crippen LogP contribution in [0.5, 0.6) is 0 Å². The Kier molecular flexibility index (Phi) is 5.30. The van der Waals surface area contributed by atoms with Crippen LogP contribution in [0.25, 0.3) is 0 Å². The van der Waals surface area contributed by atoms with Crippen LogP contribution in [0.2, 0.25) is 0 Å². The maximum Gasteiger partial charge on any atom is 0.229 e. The third-order valence-corrected chi connectivity index (χ3v) is 5.07. The molecule has 3 rings (SSSR count). The lowest BCUT2D eigenvalue weighted by Crippen LogP contribution is -2.47. The number of hydrogen-bond donors (Lipinski definition) is 1. The van der Waals surface area contributed by atoms with Crippen LogP contribution < -0.4 is 4.72 Å². The molecular weight excluding hydrogens is 320 g/mol. The fraction of sp³-hybridized carbons (Fsp3) is 0.857. The van der Waals surface area contributed by atoms with Gasteiger partial charge in [-0.3, -0.25) is 4.90 Å². The Morgan fingerprint density at radius 2 is 2.09 bits per heavy atom. The molecule has 0 saturated carbocycles. The normalized spacial score (nSPS) is 24.8. The third-order valence-electron chi connectivity index (χ3n) is 4.31. The Bertz CT molecular complexity index is 612. The van der Waals surface area contributed by atoms with E-state index in [9.17, 15) is 8.42 Å². The molecular formula is C14H24N4O4S. The van der Waals surface area contributed by atoms with Crippen molar-refractivity contribution in [1.82, 2.24) is 19.8 Å². The second kappa shape index (κ2) is 7.25. The van der Waals surface area contributed by atoms with E-state index >= 15 is 0 Å². The van der Waals surface area contributed by atoms with Crippen molar-refractivity contribution in [3.05, 3.63) is 11.7 Å². The van der Waals surface area contributed by atoms with E-state index in [2.05, 4.69) is 19.8 Å². The molecule has 23 heavy (non-hydrogen) atoms. The van der Waals surface area contributed by atoms with Gasteiger partial charge in [0, 0.05) is 31.7 Å². The van der Waals surface area contributed by atoms with E-state index in [0.29, 0.717) is 30.7 Å². The van der Waals surface area contributed by atoms with Gasteiger partial charge < -0.3 is 9.26 Å². The van der Waals surface area contributed by atoms with Crippen molar-refractivity contribution in [1.29, 1.82) is 0 Å². The average Bonchev–Trinajstić information content (AvgIpc) is 2.95. The largest absolute Gasteiger partial charge is 0.381 e. The molecule has 3 heterocycles. The summed E-state index contributed by atoms with van der Waals surface area (Å²) < 4.78 is 36.2. The summed E-state index contributed by atoms with van der Waals surface area (Å²) in [7, 11) is -3.17. The van der Waals surface area contributed by atoms with Crippen LogP contribution >= 0.6 is 0 Å². The minimum atomic E-state index is -3.17. The van der Waals surface area contributed by atoms with Crippen LogP contribution in [0.4, 0.5) is 0 Å². The zero-order chi connectivity index (χ0) is 16.3. The molecule has 2 aliphatic rings. The number of aromatic nitrogens is 2. The monoisotopic (exact) mass is 344 g/mol. The molecule has 0 radical (unpaired) electrons. The van der Waals surface area contributed by atoms with Gasteiger partial charge in [0.15, 0.2) is 5.82 Å². The van der Waals surface area contributed by atoms with Crippen LogP contribution in [0.15, 0.2) is 4.52 Å². The molecule has 1 aromatic heterocycles. The van der Waals surface area contributed by atoms with E-state index in [4.69, 9.17) is 9.26 Å². The maximum atomic E-state index is 11.4. The average molecular weight is 344 g/mol. The van der Waals surface area contributed by atoms with Crippen molar-refractivity contribution in [3.8, 4) is 0 Å². The molecule has 1 atom stereocenters. The van der Waals surface area contributed by atoms with Gasteiger partial charge in [-0.05, 0) is 32.2 Å². The number of likely N-dealkylation sites (tertiary alicyclic amines) is 1. The predicted molar refractivity (Wildman–Crippen MR) is 83.4 cm³/mol. The Hall–Kier alpha value is -1.03. The molecule has 0 aromatic carbocycles. The molecule has 2 saturated heterocycles. The first-order valence-electron chi connectivity index (χ1n) is 8.09. The lowest BCUT2D eigenvalue weighted by molar-refractivity contribution is 0.0778. The number of hydrogen-bond acceptors (Lipinski definition) is 7. The molecule has 0 bridgehead atoms. The molecule has 1 N–H and O–H groups in total. The van der Waals surface area contributed by atoms with Gasteiger partial charge in [0.1, 0.15) is 0 Å². The van der Waals surface area contributed by atoms with Crippen molar-refractivity contribution >= 4 is 10.0 Å². The first-order chi connectivity index (χ1) is 11.0.